The van der Waals surface area contributed by atoms with Crippen molar-refractivity contribution in [3.63, 3.8) is 0 Å². The lowest BCUT2D eigenvalue weighted by atomic mass is 10.2. The zero-order chi connectivity index (χ0) is 14.3. The van der Waals surface area contributed by atoms with Crippen LogP contribution in [0.5, 0.6) is 0 Å². The average molecular weight is 294 g/mol. The van der Waals surface area contributed by atoms with Crippen LogP contribution in [-0.4, -0.2) is 32.0 Å². The zero-order valence-electron chi connectivity index (χ0n) is 10.7. The Morgan fingerprint density at radius 1 is 1.30 bits per heavy atom. The lowest BCUT2D eigenvalue weighted by Gasteiger charge is -2.15. The van der Waals surface area contributed by atoms with Crippen LogP contribution in [0.3, 0.4) is 0 Å². The first-order valence-electron chi connectivity index (χ1n) is 6.44. The molecule has 1 aromatic carbocycles. The third-order valence-corrected chi connectivity index (χ3v) is 5.02. The fourth-order valence-electron chi connectivity index (χ4n) is 2.14. The summed E-state index contributed by atoms with van der Waals surface area (Å²) in [4.78, 5) is 23.6. The van der Waals surface area contributed by atoms with Crippen LogP contribution in [0.1, 0.15) is 29.6 Å². The Balaban J connectivity index is 1.90. The van der Waals surface area contributed by atoms with E-state index in [2.05, 4.69) is 5.32 Å². The number of hydrogen-bond donors (Lipinski definition) is 1. The van der Waals surface area contributed by atoms with Crippen LogP contribution in [0.4, 0.5) is 5.69 Å². The van der Waals surface area contributed by atoms with Gasteiger partial charge >= 0.3 is 0 Å². The van der Waals surface area contributed by atoms with Gasteiger partial charge in [-0.05, 0) is 31.0 Å². The lowest BCUT2D eigenvalue weighted by molar-refractivity contribution is -0.116. The van der Waals surface area contributed by atoms with Gasteiger partial charge < -0.3 is 5.32 Å². The highest BCUT2D eigenvalue weighted by atomic mass is 32.2. The minimum Gasteiger partial charge on any atom is -0.349 e. The van der Waals surface area contributed by atoms with Gasteiger partial charge in [-0.15, -0.1) is 0 Å². The number of nitrogens with one attached hydrogen (secondary N) is 1. The molecule has 1 saturated heterocycles. The zero-order valence-corrected chi connectivity index (χ0v) is 11.5. The van der Waals surface area contributed by atoms with E-state index in [9.17, 15) is 18.0 Å². The molecule has 1 saturated carbocycles. The maximum Gasteiger partial charge on any atom is 0.251 e. The smallest absolute Gasteiger partial charge is 0.251 e. The number of benzene rings is 1. The number of rotatable bonds is 3. The Bertz CT molecular complexity index is 679. The minimum absolute atomic E-state index is 0.0131. The van der Waals surface area contributed by atoms with Crippen molar-refractivity contribution in [3.8, 4) is 0 Å². The van der Waals surface area contributed by atoms with Gasteiger partial charge in [0.05, 0.1) is 11.4 Å². The molecule has 7 heteroatoms. The number of anilines is 1. The summed E-state index contributed by atoms with van der Waals surface area (Å²) in [5.41, 5.74) is 0.597. The first-order valence-corrected chi connectivity index (χ1v) is 8.05. The molecule has 2 amide bonds. The van der Waals surface area contributed by atoms with Crippen molar-refractivity contribution in [3.05, 3.63) is 29.8 Å². The molecule has 20 heavy (non-hydrogen) atoms. The van der Waals surface area contributed by atoms with E-state index in [-0.39, 0.29) is 29.8 Å². The van der Waals surface area contributed by atoms with Gasteiger partial charge in [0.15, 0.2) is 0 Å². The Hall–Kier alpha value is -1.89. The topological polar surface area (TPSA) is 83.6 Å². The summed E-state index contributed by atoms with van der Waals surface area (Å²) in [7, 11) is -3.59. The molecule has 3 rings (SSSR count). The van der Waals surface area contributed by atoms with E-state index < -0.39 is 15.9 Å². The van der Waals surface area contributed by atoms with Crippen LogP contribution in [0, 0.1) is 0 Å². The molecular formula is C13H14N2O4S. The molecule has 0 unspecified atom stereocenters. The molecule has 0 aromatic heterocycles. The summed E-state index contributed by atoms with van der Waals surface area (Å²) in [6.07, 6.45) is 1.94. The van der Waals surface area contributed by atoms with Gasteiger partial charge in [-0.1, -0.05) is 6.07 Å². The summed E-state index contributed by atoms with van der Waals surface area (Å²) < 4.78 is 24.5. The molecule has 1 aromatic rings. The van der Waals surface area contributed by atoms with Crippen LogP contribution in [0.25, 0.3) is 0 Å². The molecule has 0 radical (unpaired) electrons. The van der Waals surface area contributed by atoms with Crippen molar-refractivity contribution in [2.75, 3.05) is 10.1 Å². The van der Waals surface area contributed by atoms with Gasteiger partial charge in [-0.2, -0.15) is 0 Å². The second-order valence-electron chi connectivity index (χ2n) is 5.02. The molecule has 6 nitrogen and oxygen atoms in total. The van der Waals surface area contributed by atoms with Gasteiger partial charge in [-0.3, -0.25) is 9.59 Å². The maximum atomic E-state index is 11.9. The summed E-state index contributed by atoms with van der Waals surface area (Å²) in [5, 5.41) is 2.83. The first-order chi connectivity index (χ1) is 9.47. The van der Waals surface area contributed by atoms with Gasteiger partial charge in [0.2, 0.25) is 15.9 Å². The normalized spacial score (nSPS) is 21.0. The van der Waals surface area contributed by atoms with Crippen LogP contribution < -0.4 is 9.62 Å². The summed E-state index contributed by atoms with van der Waals surface area (Å²) in [6, 6.07) is 6.38. The predicted octanol–water partition coefficient (Wildman–Crippen LogP) is 0.645. The van der Waals surface area contributed by atoms with Crippen molar-refractivity contribution in [1.29, 1.82) is 0 Å². The van der Waals surface area contributed by atoms with Crippen LogP contribution in [0.2, 0.25) is 0 Å². The minimum atomic E-state index is -3.59. The number of carbonyl (C=O) groups is 2. The molecule has 1 N–H and O–H groups in total. The molecule has 1 aliphatic carbocycles. The number of nitrogens with zero attached hydrogens (tertiary/aromatic N) is 1. The monoisotopic (exact) mass is 294 g/mol. The molecule has 2 fully saturated rings. The predicted molar refractivity (Wildman–Crippen MR) is 72.8 cm³/mol. The highest BCUT2D eigenvalue weighted by Gasteiger charge is 2.36. The van der Waals surface area contributed by atoms with Crippen molar-refractivity contribution >= 4 is 27.5 Å². The van der Waals surface area contributed by atoms with Crippen molar-refractivity contribution in [2.24, 2.45) is 0 Å². The fraction of sp³-hybridized carbons (Fsp3) is 0.385. The van der Waals surface area contributed by atoms with Gasteiger partial charge in [-0.25, -0.2) is 12.7 Å². The summed E-state index contributed by atoms with van der Waals surface area (Å²) in [5.74, 6) is -0.868. The van der Waals surface area contributed by atoms with E-state index in [0.717, 1.165) is 17.1 Å². The molecule has 0 atom stereocenters. The SMILES string of the molecule is O=C(NC1CC1)c1cccc(N2C(=O)CCS2(=O)=O)c1. The molecule has 1 aliphatic heterocycles. The van der Waals surface area contributed by atoms with Gasteiger partial charge in [0.25, 0.3) is 5.91 Å². The lowest BCUT2D eigenvalue weighted by Crippen LogP contribution is -2.30. The molecule has 0 bridgehead atoms. The highest BCUT2D eigenvalue weighted by molar-refractivity contribution is 7.94. The highest BCUT2D eigenvalue weighted by Crippen LogP contribution is 2.26. The number of hydrogen-bond acceptors (Lipinski definition) is 4. The Morgan fingerprint density at radius 3 is 2.65 bits per heavy atom. The number of amides is 2. The van der Waals surface area contributed by atoms with Crippen LogP contribution >= 0.6 is 0 Å². The summed E-state index contributed by atoms with van der Waals surface area (Å²) in [6.45, 7) is 0. The third kappa shape index (κ3) is 2.40. The quantitative estimate of drug-likeness (QED) is 0.887. The Kier molecular flexibility index (Phi) is 3.01. The van der Waals surface area contributed by atoms with E-state index in [0.29, 0.717) is 5.56 Å². The maximum absolute atomic E-state index is 11.9. The van der Waals surface area contributed by atoms with Crippen molar-refractivity contribution in [2.45, 2.75) is 25.3 Å². The van der Waals surface area contributed by atoms with E-state index in [1.807, 2.05) is 0 Å². The Morgan fingerprint density at radius 2 is 2.05 bits per heavy atom. The van der Waals surface area contributed by atoms with Crippen LogP contribution in [-0.2, 0) is 14.8 Å². The van der Waals surface area contributed by atoms with Crippen LogP contribution in [0.15, 0.2) is 24.3 Å². The summed E-state index contributed by atoms with van der Waals surface area (Å²) >= 11 is 0. The molecule has 2 aliphatic rings. The number of carbonyl (C=O) groups excluding carboxylic acids is 2. The molecule has 0 spiro atoms. The second-order valence-corrected chi connectivity index (χ2v) is 6.96. The molecule has 106 valence electrons. The van der Waals surface area contributed by atoms with E-state index in [1.165, 1.54) is 12.1 Å². The van der Waals surface area contributed by atoms with Gasteiger partial charge in [0.1, 0.15) is 0 Å². The van der Waals surface area contributed by atoms with E-state index in [1.54, 1.807) is 12.1 Å². The molecular weight excluding hydrogens is 280 g/mol. The molecule has 1 heterocycles. The van der Waals surface area contributed by atoms with E-state index >= 15 is 0 Å². The standard InChI is InChI=1S/C13H14N2O4S/c16-12-6-7-20(18,19)15(12)11-3-1-2-9(8-11)13(17)14-10-4-5-10/h1-3,8,10H,4-7H2,(H,14,17). The average Bonchev–Trinajstić information content (AvgIpc) is 3.16. The fourth-order valence-corrected chi connectivity index (χ4v) is 3.59. The van der Waals surface area contributed by atoms with Crippen molar-refractivity contribution < 1.29 is 18.0 Å². The first kappa shape index (κ1) is 13.1. The number of sulfonamides is 1. The Labute approximate surface area is 116 Å². The van der Waals surface area contributed by atoms with E-state index in [4.69, 9.17) is 0 Å². The second kappa shape index (κ2) is 4.59. The van der Waals surface area contributed by atoms with Gasteiger partial charge in [0, 0.05) is 18.0 Å². The van der Waals surface area contributed by atoms with Crippen molar-refractivity contribution in [1.82, 2.24) is 5.32 Å². The largest absolute Gasteiger partial charge is 0.349 e. The third-order valence-electron chi connectivity index (χ3n) is 3.33.